The highest BCUT2D eigenvalue weighted by atomic mass is 16.3. The van der Waals surface area contributed by atoms with Gasteiger partial charge in [-0.3, -0.25) is 0 Å². The Hall–Kier alpha value is -7.62. The summed E-state index contributed by atoms with van der Waals surface area (Å²) in [4.78, 5) is 2.35. The number of anilines is 3. The summed E-state index contributed by atoms with van der Waals surface area (Å²) in [6.07, 6.45) is 0. The molecule has 0 fully saturated rings. The van der Waals surface area contributed by atoms with Crippen molar-refractivity contribution in [2.24, 2.45) is 0 Å². The lowest BCUT2D eigenvalue weighted by molar-refractivity contribution is 0.669. The van der Waals surface area contributed by atoms with Crippen molar-refractivity contribution in [2.45, 2.75) is 0 Å². The van der Waals surface area contributed by atoms with Gasteiger partial charge in [0.2, 0.25) is 0 Å². The van der Waals surface area contributed by atoms with Gasteiger partial charge in [0.15, 0.2) is 0 Å². The maximum atomic E-state index is 6.88. The summed E-state index contributed by atoms with van der Waals surface area (Å²) < 4.78 is 13.3. The molecule has 3 nitrogen and oxygen atoms in total. The zero-order valence-electron chi connectivity index (χ0n) is 30.8. The van der Waals surface area contributed by atoms with Crippen molar-refractivity contribution in [1.82, 2.24) is 0 Å². The predicted molar refractivity (Wildman–Crippen MR) is 239 cm³/mol. The molecule has 0 radical (unpaired) electrons. The summed E-state index contributed by atoms with van der Waals surface area (Å²) in [6.45, 7) is 0. The highest BCUT2D eigenvalue weighted by Crippen LogP contribution is 2.46. The van der Waals surface area contributed by atoms with Crippen LogP contribution < -0.4 is 4.90 Å². The number of nitrogens with zero attached hydrogens (tertiary/aromatic N) is 1. The van der Waals surface area contributed by atoms with E-state index in [1.165, 1.54) is 38.1 Å². The number of para-hydroxylation sites is 3. The van der Waals surface area contributed by atoms with Gasteiger partial charge in [0.25, 0.3) is 0 Å². The molecule has 0 N–H and O–H groups in total. The Kier molecular flexibility index (Phi) is 6.93. The van der Waals surface area contributed by atoms with Crippen LogP contribution in [-0.2, 0) is 0 Å². The molecule has 0 saturated heterocycles. The van der Waals surface area contributed by atoms with E-state index < -0.39 is 0 Å². The fraction of sp³-hybridized carbons (Fsp3) is 0. The minimum atomic E-state index is 0.849. The first-order valence-corrected chi connectivity index (χ1v) is 19.4. The second-order valence-electron chi connectivity index (χ2n) is 14.8. The van der Waals surface area contributed by atoms with Gasteiger partial charge >= 0.3 is 0 Å². The van der Waals surface area contributed by atoms with Crippen molar-refractivity contribution < 1.29 is 8.83 Å². The van der Waals surface area contributed by atoms with E-state index in [2.05, 4.69) is 193 Å². The van der Waals surface area contributed by atoms with Crippen LogP contribution in [0.2, 0.25) is 0 Å². The quantitative estimate of drug-likeness (QED) is 0.165. The number of hydrogen-bond donors (Lipinski definition) is 0. The molecule has 57 heavy (non-hydrogen) atoms. The van der Waals surface area contributed by atoms with Crippen molar-refractivity contribution in [1.29, 1.82) is 0 Å². The maximum absolute atomic E-state index is 6.88. The third kappa shape index (κ3) is 4.92. The van der Waals surface area contributed by atoms with E-state index in [-0.39, 0.29) is 0 Å². The Balaban J connectivity index is 1.06. The zero-order valence-corrected chi connectivity index (χ0v) is 30.8. The molecule has 10 aromatic carbocycles. The van der Waals surface area contributed by atoms with E-state index >= 15 is 0 Å². The van der Waals surface area contributed by atoms with E-state index in [4.69, 9.17) is 8.83 Å². The average molecular weight is 728 g/mol. The highest BCUT2D eigenvalue weighted by Gasteiger charge is 2.22. The summed E-state index contributed by atoms with van der Waals surface area (Å²) in [7, 11) is 0. The first-order valence-electron chi connectivity index (χ1n) is 19.4. The zero-order chi connectivity index (χ0) is 37.5. The van der Waals surface area contributed by atoms with Crippen LogP contribution in [0, 0.1) is 0 Å². The fourth-order valence-electron chi connectivity index (χ4n) is 9.00. The normalized spacial score (nSPS) is 11.9. The molecule has 2 heterocycles. The van der Waals surface area contributed by atoms with Crippen molar-refractivity contribution in [3.05, 3.63) is 200 Å². The van der Waals surface area contributed by atoms with E-state index in [0.29, 0.717) is 0 Å². The SMILES string of the molecule is c1ccc(N(c2ccc(-c3cccc4c3ccc3ccccc34)cc2)c2ccc3c(c2)oc2ccccc23)c(-c2cccc3c2oc2c4ccccc4ccc32)c1. The predicted octanol–water partition coefficient (Wildman–Crippen LogP) is 15.7. The third-order valence-electron chi connectivity index (χ3n) is 11.7. The minimum absolute atomic E-state index is 0.849. The van der Waals surface area contributed by atoms with E-state index in [1.54, 1.807) is 0 Å². The molecule has 266 valence electrons. The highest BCUT2D eigenvalue weighted by molar-refractivity contribution is 6.18. The number of fused-ring (bicyclic) bond motifs is 11. The second-order valence-corrected chi connectivity index (χ2v) is 14.8. The lowest BCUT2D eigenvalue weighted by Gasteiger charge is -2.28. The second kappa shape index (κ2) is 12.5. The monoisotopic (exact) mass is 727 g/mol. The van der Waals surface area contributed by atoms with Crippen molar-refractivity contribution in [2.75, 3.05) is 4.90 Å². The van der Waals surface area contributed by atoms with Crippen LogP contribution in [-0.4, -0.2) is 0 Å². The van der Waals surface area contributed by atoms with Crippen LogP contribution in [0.15, 0.2) is 209 Å². The maximum Gasteiger partial charge on any atom is 0.143 e. The molecule has 3 heteroatoms. The molecule has 0 unspecified atom stereocenters. The first kappa shape index (κ1) is 31.7. The lowest BCUT2D eigenvalue weighted by atomic mass is 9.94. The molecule has 0 amide bonds. The number of rotatable bonds is 5. The molecule has 0 spiro atoms. The minimum Gasteiger partial charge on any atom is -0.456 e. The van der Waals surface area contributed by atoms with Gasteiger partial charge < -0.3 is 13.7 Å². The summed E-state index contributed by atoms with van der Waals surface area (Å²) in [5.74, 6) is 0. The molecule has 2 aromatic heterocycles. The van der Waals surface area contributed by atoms with Gasteiger partial charge in [-0.15, -0.1) is 0 Å². The van der Waals surface area contributed by atoms with Crippen LogP contribution in [0.25, 0.3) is 98.4 Å². The van der Waals surface area contributed by atoms with Gasteiger partial charge in [0, 0.05) is 55.5 Å². The van der Waals surface area contributed by atoms with Crippen molar-refractivity contribution in [3.63, 3.8) is 0 Å². The third-order valence-corrected chi connectivity index (χ3v) is 11.7. The van der Waals surface area contributed by atoms with Gasteiger partial charge in [-0.1, -0.05) is 152 Å². The Bertz CT molecular complexity index is 3530. The molecule has 0 aliphatic rings. The van der Waals surface area contributed by atoms with E-state index in [0.717, 1.165) is 77.5 Å². The Morgan fingerprint density at radius 1 is 0.298 bits per heavy atom. The van der Waals surface area contributed by atoms with Gasteiger partial charge in [0.1, 0.15) is 22.3 Å². The summed E-state index contributed by atoms with van der Waals surface area (Å²) in [5, 5.41) is 11.7. The smallest absolute Gasteiger partial charge is 0.143 e. The molecular formula is C54H33NO2. The van der Waals surface area contributed by atoms with Crippen molar-refractivity contribution >= 4 is 93.3 Å². The summed E-state index contributed by atoms with van der Waals surface area (Å²) in [6, 6.07) is 71.5. The van der Waals surface area contributed by atoms with Gasteiger partial charge in [0.05, 0.1) is 5.69 Å². The van der Waals surface area contributed by atoms with Gasteiger partial charge in [-0.25, -0.2) is 0 Å². The number of furan rings is 2. The lowest BCUT2D eigenvalue weighted by Crippen LogP contribution is -2.11. The van der Waals surface area contributed by atoms with E-state index in [1.807, 2.05) is 12.1 Å². The number of hydrogen-bond acceptors (Lipinski definition) is 3. The molecule has 0 atom stereocenters. The largest absolute Gasteiger partial charge is 0.456 e. The van der Waals surface area contributed by atoms with Crippen LogP contribution in [0.3, 0.4) is 0 Å². The van der Waals surface area contributed by atoms with Crippen LogP contribution >= 0.6 is 0 Å². The fourth-order valence-corrected chi connectivity index (χ4v) is 9.00. The topological polar surface area (TPSA) is 29.5 Å². The van der Waals surface area contributed by atoms with E-state index in [9.17, 15) is 0 Å². The molecule has 0 saturated carbocycles. The molecule has 0 aliphatic carbocycles. The number of benzene rings is 10. The van der Waals surface area contributed by atoms with Crippen LogP contribution in [0.1, 0.15) is 0 Å². The molecular weight excluding hydrogens is 695 g/mol. The molecule has 12 rings (SSSR count). The van der Waals surface area contributed by atoms with Gasteiger partial charge in [-0.05, 0) is 80.5 Å². The van der Waals surface area contributed by atoms with Crippen LogP contribution in [0.4, 0.5) is 17.1 Å². The van der Waals surface area contributed by atoms with Gasteiger partial charge in [-0.2, -0.15) is 0 Å². The Morgan fingerprint density at radius 3 is 1.74 bits per heavy atom. The summed E-state index contributed by atoms with van der Waals surface area (Å²) in [5.41, 5.74) is 11.1. The van der Waals surface area contributed by atoms with Crippen LogP contribution in [0.5, 0.6) is 0 Å². The standard InChI is InChI=1S/C54H33NO2/c1-3-13-39-34(11-1)25-30-43-40(17-9-18-42(39)43)36-23-27-37(28-24-36)55(38-29-32-46-45-16-6-8-22-51(45)56-52(46)33-38)50-21-7-5-15-44(50)47-19-10-20-48-49-31-26-35-12-2-4-14-41(35)53(49)57-54(47)48/h1-33H. The molecule has 12 aromatic rings. The Morgan fingerprint density at radius 2 is 0.877 bits per heavy atom. The average Bonchev–Trinajstić information content (AvgIpc) is 3.85. The molecule has 0 aliphatic heterocycles. The molecule has 0 bridgehead atoms. The Labute approximate surface area is 328 Å². The summed E-state index contributed by atoms with van der Waals surface area (Å²) >= 11 is 0. The van der Waals surface area contributed by atoms with Crippen molar-refractivity contribution in [3.8, 4) is 22.3 Å². The first-order chi connectivity index (χ1) is 28.3.